The maximum atomic E-state index is 10.5. The minimum Gasteiger partial charge on any atom is -0.368 e. The van der Waals surface area contributed by atoms with E-state index in [0.29, 0.717) is 5.56 Å². The van der Waals surface area contributed by atoms with Gasteiger partial charge in [-0.2, -0.15) is 20.1 Å². The second kappa shape index (κ2) is 5.56. The summed E-state index contributed by atoms with van der Waals surface area (Å²) in [4.78, 5) is 21.1. The zero-order valence-corrected chi connectivity index (χ0v) is 10.1. The lowest BCUT2D eigenvalue weighted by atomic mass is 10.2. The first-order chi connectivity index (χ1) is 9.54. The minimum absolute atomic E-state index is 0.00752. The SMILES string of the molecule is Nc1nc(N)nc(N/N=C/c2ccc([N+](=O)[O-])cc2)n1. The first kappa shape index (κ1) is 13.1. The van der Waals surface area contributed by atoms with Crippen molar-refractivity contribution in [2.24, 2.45) is 5.10 Å². The molecule has 20 heavy (non-hydrogen) atoms. The van der Waals surface area contributed by atoms with Crippen molar-refractivity contribution in [1.29, 1.82) is 0 Å². The minimum atomic E-state index is -0.477. The fourth-order valence-corrected chi connectivity index (χ4v) is 1.31. The number of hydrogen-bond donors (Lipinski definition) is 3. The van der Waals surface area contributed by atoms with Crippen LogP contribution in [-0.4, -0.2) is 26.1 Å². The Bertz CT molecular complexity index is 635. The van der Waals surface area contributed by atoms with Crippen LogP contribution in [0.15, 0.2) is 29.4 Å². The first-order valence-corrected chi connectivity index (χ1v) is 5.35. The number of nitrogens with two attached hydrogens (primary N) is 2. The average Bonchev–Trinajstić information content (AvgIpc) is 2.38. The Morgan fingerprint density at radius 2 is 1.75 bits per heavy atom. The number of nitro groups is 1. The predicted octanol–water partition coefficient (Wildman–Crippen LogP) is 0.390. The van der Waals surface area contributed by atoms with Gasteiger partial charge in [0.25, 0.3) is 5.69 Å². The molecule has 0 radical (unpaired) electrons. The average molecular weight is 274 g/mol. The predicted molar refractivity (Wildman–Crippen MR) is 73.0 cm³/mol. The molecule has 0 saturated carbocycles. The van der Waals surface area contributed by atoms with Crippen LogP contribution >= 0.6 is 0 Å². The van der Waals surface area contributed by atoms with Gasteiger partial charge < -0.3 is 11.5 Å². The Kier molecular flexibility index (Phi) is 3.65. The first-order valence-electron chi connectivity index (χ1n) is 5.35. The number of nitrogen functional groups attached to an aromatic ring is 2. The molecule has 0 bridgehead atoms. The molecule has 0 aliphatic rings. The third-order valence-corrected chi connectivity index (χ3v) is 2.15. The van der Waals surface area contributed by atoms with E-state index in [1.807, 2.05) is 0 Å². The Morgan fingerprint density at radius 3 is 2.30 bits per heavy atom. The summed E-state index contributed by atoms with van der Waals surface area (Å²) in [7, 11) is 0. The van der Waals surface area contributed by atoms with Gasteiger partial charge in [0.1, 0.15) is 0 Å². The van der Waals surface area contributed by atoms with Crippen molar-refractivity contribution in [3.8, 4) is 0 Å². The molecule has 2 rings (SSSR count). The van der Waals surface area contributed by atoms with Crippen molar-refractivity contribution < 1.29 is 4.92 Å². The Morgan fingerprint density at radius 1 is 1.15 bits per heavy atom. The summed E-state index contributed by atoms with van der Waals surface area (Å²) in [5, 5.41) is 14.3. The number of nitrogens with one attached hydrogen (secondary N) is 1. The lowest BCUT2D eigenvalue weighted by Gasteiger charge is -2.00. The normalized spacial score (nSPS) is 10.6. The highest BCUT2D eigenvalue weighted by molar-refractivity contribution is 5.80. The van der Waals surface area contributed by atoms with Crippen LogP contribution in [0.4, 0.5) is 23.5 Å². The van der Waals surface area contributed by atoms with Crippen molar-refractivity contribution in [2.45, 2.75) is 0 Å². The lowest BCUT2D eigenvalue weighted by Crippen LogP contribution is -2.06. The lowest BCUT2D eigenvalue weighted by molar-refractivity contribution is -0.384. The Balaban J connectivity index is 2.04. The van der Waals surface area contributed by atoms with E-state index in [4.69, 9.17) is 11.5 Å². The van der Waals surface area contributed by atoms with E-state index in [1.165, 1.54) is 18.3 Å². The molecule has 1 aromatic carbocycles. The van der Waals surface area contributed by atoms with Crippen LogP contribution in [-0.2, 0) is 0 Å². The molecule has 1 aromatic heterocycles. The molecule has 0 unspecified atom stereocenters. The van der Waals surface area contributed by atoms with Crippen molar-refractivity contribution in [3.63, 3.8) is 0 Å². The number of hydrogen-bond acceptors (Lipinski definition) is 9. The second-order valence-electron chi connectivity index (χ2n) is 3.59. The monoisotopic (exact) mass is 274 g/mol. The highest BCUT2D eigenvalue weighted by Gasteiger charge is 2.03. The van der Waals surface area contributed by atoms with Crippen LogP contribution in [0.1, 0.15) is 5.56 Å². The molecule has 10 heteroatoms. The van der Waals surface area contributed by atoms with E-state index in [0.717, 1.165) is 0 Å². The van der Waals surface area contributed by atoms with Crippen LogP contribution in [0.3, 0.4) is 0 Å². The molecular formula is C10H10N8O2. The van der Waals surface area contributed by atoms with Crippen LogP contribution in [0.2, 0.25) is 0 Å². The van der Waals surface area contributed by atoms with Gasteiger partial charge in [0.05, 0.1) is 11.1 Å². The van der Waals surface area contributed by atoms with Gasteiger partial charge >= 0.3 is 0 Å². The summed E-state index contributed by atoms with van der Waals surface area (Å²) in [5.74, 6) is 0.0595. The molecule has 0 aliphatic heterocycles. The maximum absolute atomic E-state index is 10.5. The smallest absolute Gasteiger partial charge is 0.269 e. The molecule has 0 aliphatic carbocycles. The summed E-state index contributed by atoms with van der Waals surface area (Å²) >= 11 is 0. The maximum Gasteiger partial charge on any atom is 0.269 e. The third kappa shape index (κ3) is 3.35. The summed E-state index contributed by atoms with van der Waals surface area (Å²) in [6, 6.07) is 5.86. The topological polar surface area (TPSA) is 158 Å². The quantitative estimate of drug-likeness (QED) is 0.410. The van der Waals surface area contributed by atoms with E-state index < -0.39 is 4.92 Å². The number of non-ortho nitro benzene ring substituents is 1. The number of anilines is 3. The summed E-state index contributed by atoms with van der Waals surface area (Å²) in [6.07, 6.45) is 1.44. The molecule has 102 valence electrons. The van der Waals surface area contributed by atoms with Gasteiger partial charge in [-0.1, -0.05) is 0 Å². The van der Waals surface area contributed by atoms with Gasteiger partial charge in [0, 0.05) is 12.1 Å². The van der Waals surface area contributed by atoms with Gasteiger partial charge in [0.15, 0.2) is 0 Å². The van der Waals surface area contributed by atoms with Crippen molar-refractivity contribution in [3.05, 3.63) is 39.9 Å². The molecular weight excluding hydrogens is 264 g/mol. The number of hydrazone groups is 1. The molecule has 0 saturated heterocycles. The van der Waals surface area contributed by atoms with Crippen LogP contribution in [0.5, 0.6) is 0 Å². The zero-order chi connectivity index (χ0) is 14.5. The molecule has 2 aromatic rings. The standard InChI is InChI=1S/C10H10N8O2/c11-8-14-9(12)16-10(15-8)17-13-5-6-1-3-7(4-2-6)18(19)20/h1-5H,(H5,11,12,14,15,16,17)/b13-5+. The summed E-state index contributed by atoms with van der Waals surface area (Å²) in [5.41, 5.74) is 14.0. The van der Waals surface area contributed by atoms with Crippen LogP contribution in [0.25, 0.3) is 0 Å². The number of aromatic nitrogens is 3. The van der Waals surface area contributed by atoms with E-state index in [9.17, 15) is 10.1 Å². The highest BCUT2D eigenvalue weighted by Crippen LogP contribution is 2.10. The molecule has 0 amide bonds. The van der Waals surface area contributed by atoms with Crippen molar-refractivity contribution >= 4 is 29.7 Å². The fraction of sp³-hybridized carbons (Fsp3) is 0. The molecule has 0 fully saturated rings. The highest BCUT2D eigenvalue weighted by atomic mass is 16.6. The molecule has 1 heterocycles. The summed E-state index contributed by atoms with van der Waals surface area (Å²) in [6.45, 7) is 0. The third-order valence-electron chi connectivity index (χ3n) is 2.15. The molecule has 0 atom stereocenters. The molecule has 10 nitrogen and oxygen atoms in total. The van der Waals surface area contributed by atoms with Gasteiger partial charge in [-0.3, -0.25) is 10.1 Å². The van der Waals surface area contributed by atoms with E-state index >= 15 is 0 Å². The Labute approximate surface area is 112 Å². The number of nitro benzene ring substituents is 1. The summed E-state index contributed by atoms with van der Waals surface area (Å²) < 4.78 is 0. The van der Waals surface area contributed by atoms with Gasteiger partial charge in [-0.05, 0) is 17.7 Å². The number of nitrogens with zero attached hydrogens (tertiary/aromatic N) is 5. The molecule has 0 spiro atoms. The van der Waals surface area contributed by atoms with Crippen LogP contribution < -0.4 is 16.9 Å². The van der Waals surface area contributed by atoms with E-state index in [1.54, 1.807) is 12.1 Å². The Hall–Kier alpha value is -3.30. The second-order valence-corrected chi connectivity index (χ2v) is 3.59. The van der Waals surface area contributed by atoms with E-state index in [2.05, 4.69) is 25.5 Å². The van der Waals surface area contributed by atoms with Crippen molar-refractivity contribution in [1.82, 2.24) is 15.0 Å². The van der Waals surface area contributed by atoms with Gasteiger partial charge in [-0.25, -0.2) is 5.43 Å². The van der Waals surface area contributed by atoms with Gasteiger partial charge in [-0.15, -0.1) is 0 Å². The van der Waals surface area contributed by atoms with Gasteiger partial charge in [0.2, 0.25) is 17.8 Å². The van der Waals surface area contributed by atoms with Crippen molar-refractivity contribution in [2.75, 3.05) is 16.9 Å². The van der Waals surface area contributed by atoms with E-state index in [-0.39, 0.29) is 23.5 Å². The number of rotatable bonds is 4. The van der Waals surface area contributed by atoms with Crippen LogP contribution in [0, 0.1) is 10.1 Å². The fourth-order valence-electron chi connectivity index (χ4n) is 1.31. The number of benzene rings is 1. The molecule has 5 N–H and O–H groups in total. The largest absolute Gasteiger partial charge is 0.368 e. The zero-order valence-electron chi connectivity index (χ0n) is 10.1.